The molecule has 0 spiro atoms. The van der Waals surface area contributed by atoms with E-state index in [1.165, 1.54) is 4.90 Å². The molecule has 136 valence electrons. The Bertz CT molecular complexity index is 949. The van der Waals surface area contributed by atoms with E-state index in [2.05, 4.69) is 31.8 Å². The first-order valence-electron chi connectivity index (χ1n) is 7.80. The standard InChI is InChI=1S/C18H13BrN4O3S/c19-12-6-4-5-11(9-12)15(24)22-20-10-14-16(25)21-18(27)23(17(14)26)13-7-2-1-3-8-13/h1-10,14H,(H,22,24)(H,21,25,27)/b20-10-/t14-/m1/s1. The molecule has 3 amide bonds. The van der Waals surface area contributed by atoms with Crippen LogP contribution in [-0.2, 0) is 9.59 Å². The maximum absolute atomic E-state index is 12.7. The molecule has 1 aliphatic rings. The molecule has 0 saturated carbocycles. The molecule has 2 aromatic carbocycles. The minimum absolute atomic E-state index is 0.000906. The number of carbonyl (C=O) groups is 3. The van der Waals surface area contributed by atoms with Gasteiger partial charge in [0.15, 0.2) is 11.0 Å². The summed E-state index contributed by atoms with van der Waals surface area (Å²) in [6.45, 7) is 0. The summed E-state index contributed by atoms with van der Waals surface area (Å²) >= 11 is 8.38. The molecule has 0 radical (unpaired) electrons. The van der Waals surface area contributed by atoms with E-state index in [9.17, 15) is 14.4 Å². The van der Waals surface area contributed by atoms with E-state index in [1.54, 1.807) is 54.6 Å². The van der Waals surface area contributed by atoms with Crippen LogP contribution in [0.4, 0.5) is 5.69 Å². The molecule has 1 fully saturated rings. The monoisotopic (exact) mass is 444 g/mol. The third-order valence-corrected chi connectivity index (χ3v) is 4.47. The fourth-order valence-electron chi connectivity index (χ4n) is 2.41. The Balaban J connectivity index is 1.74. The smallest absolute Gasteiger partial charge is 0.271 e. The molecule has 1 heterocycles. The highest BCUT2D eigenvalue weighted by Crippen LogP contribution is 2.19. The Morgan fingerprint density at radius 1 is 1.19 bits per heavy atom. The summed E-state index contributed by atoms with van der Waals surface area (Å²) in [6.07, 6.45) is 1.09. The number of carbonyl (C=O) groups excluding carboxylic acids is 3. The van der Waals surface area contributed by atoms with Crippen molar-refractivity contribution >= 4 is 62.9 Å². The van der Waals surface area contributed by atoms with Gasteiger partial charge in [0.05, 0.1) is 5.69 Å². The third-order valence-electron chi connectivity index (χ3n) is 3.69. The molecule has 0 unspecified atom stereocenters. The number of halogens is 1. The number of para-hydroxylation sites is 1. The van der Waals surface area contributed by atoms with Gasteiger partial charge >= 0.3 is 0 Å². The second-order valence-electron chi connectivity index (χ2n) is 5.51. The first-order valence-corrected chi connectivity index (χ1v) is 9.00. The maximum atomic E-state index is 12.7. The van der Waals surface area contributed by atoms with Crippen molar-refractivity contribution < 1.29 is 14.4 Å². The van der Waals surface area contributed by atoms with E-state index in [4.69, 9.17) is 12.2 Å². The van der Waals surface area contributed by atoms with Gasteiger partial charge in [-0.1, -0.05) is 40.2 Å². The van der Waals surface area contributed by atoms with Gasteiger partial charge in [0.1, 0.15) is 0 Å². The Kier molecular flexibility index (Phi) is 5.72. The fraction of sp³-hybridized carbons (Fsp3) is 0.0556. The van der Waals surface area contributed by atoms with Gasteiger partial charge in [-0.2, -0.15) is 5.10 Å². The van der Waals surface area contributed by atoms with Gasteiger partial charge in [-0.3, -0.25) is 19.3 Å². The van der Waals surface area contributed by atoms with Crippen LogP contribution in [0.1, 0.15) is 10.4 Å². The molecule has 0 aromatic heterocycles. The van der Waals surface area contributed by atoms with E-state index in [-0.39, 0.29) is 5.11 Å². The van der Waals surface area contributed by atoms with Crippen molar-refractivity contribution in [2.45, 2.75) is 0 Å². The highest BCUT2D eigenvalue weighted by Gasteiger charge is 2.38. The topological polar surface area (TPSA) is 90.9 Å². The number of amides is 3. The summed E-state index contributed by atoms with van der Waals surface area (Å²) in [4.78, 5) is 38.1. The van der Waals surface area contributed by atoms with Crippen LogP contribution in [0.3, 0.4) is 0 Å². The molecular formula is C18H13BrN4O3S. The van der Waals surface area contributed by atoms with E-state index >= 15 is 0 Å². The highest BCUT2D eigenvalue weighted by atomic mass is 79.9. The van der Waals surface area contributed by atoms with Gasteiger partial charge in [0.25, 0.3) is 11.8 Å². The van der Waals surface area contributed by atoms with E-state index in [1.807, 2.05) is 0 Å². The number of nitrogens with zero attached hydrogens (tertiary/aromatic N) is 2. The Morgan fingerprint density at radius 3 is 2.63 bits per heavy atom. The third kappa shape index (κ3) is 4.26. The van der Waals surface area contributed by atoms with E-state index in [0.29, 0.717) is 11.3 Å². The summed E-state index contributed by atoms with van der Waals surface area (Å²) in [5, 5.41) is 6.24. The normalized spacial score (nSPS) is 17.1. The zero-order valence-electron chi connectivity index (χ0n) is 13.8. The second-order valence-corrected chi connectivity index (χ2v) is 6.81. The number of hydrogen-bond donors (Lipinski definition) is 2. The Hall–Kier alpha value is -2.91. The van der Waals surface area contributed by atoms with Gasteiger partial charge in [0.2, 0.25) is 5.91 Å². The minimum atomic E-state index is -1.21. The van der Waals surface area contributed by atoms with Crippen LogP contribution in [0, 0.1) is 5.92 Å². The molecule has 1 aliphatic heterocycles. The molecule has 3 rings (SSSR count). The quantitative estimate of drug-likeness (QED) is 0.327. The van der Waals surface area contributed by atoms with Crippen LogP contribution in [0.15, 0.2) is 64.2 Å². The van der Waals surface area contributed by atoms with Crippen LogP contribution >= 0.6 is 28.1 Å². The maximum Gasteiger partial charge on any atom is 0.271 e. The molecule has 27 heavy (non-hydrogen) atoms. The second kappa shape index (κ2) is 8.19. The van der Waals surface area contributed by atoms with Crippen molar-refractivity contribution in [1.29, 1.82) is 0 Å². The summed E-state index contributed by atoms with van der Waals surface area (Å²) < 4.78 is 0.744. The van der Waals surface area contributed by atoms with Gasteiger partial charge in [-0.25, -0.2) is 5.43 Å². The molecule has 1 atom stereocenters. The number of nitrogens with one attached hydrogen (secondary N) is 2. The van der Waals surface area contributed by atoms with E-state index < -0.39 is 23.6 Å². The van der Waals surface area contributed by atoms with Crippen molar-refractivity contribution in [3.05, 3.63) is 64.6 Å². The Morgan fingerprint density at radius 2 is 1.93 bits per heavy atom. The predicted molar refractivity (Wildman–Crippen MR) is 108 cm³/mol. The zero-order chi connectivity index (χ0) is 19.4. The van der Waals surface area contributed by atoms with Gasteiger partial charge in [-0.15, -0.1) is 0 Å². The average Bonchev–Trinajstić information content (AvgIpc) is 2.65. The van der Waals surface area contributed by atoms with Crippen LogP contribution < -0.4 is 15.6 Å². The summed E-state index contributed by atoms with van der Waals surface area (Å²) in [6, 6.07) is 15.4. The predicted octanol–water partition coefficient (Wildman–Crippen LogP) is 2.23. The summed E-state index contributed by atoms with van der Waals surface area (Å²) in [7, 11) is 0. The zero-order valence-corrected chi connectivity index (χ0v) is 16.2. The molecule has 0 bridgehead atoms. The summed E-state index contributed by atoms with van der Waals surface area (Å²) in [5.74, 6) is -2.82. The molecule has 2 aromatic rings. The molecule has 1 saturated heterocycles. The summed E-state index contributed by atoms with van der Waals surface area (Å²) in [5.41, 5.74) is 3.22. The van der Waals surface area contributed by atoms with Crippen molar-refractivity contribution in [3.8, 4) is 0 Å². The molecule has 2 N–H and O–H groups in total. The molecule has 0 aliphatic carbocycles. The average molecular weight is 445 g/mol. The van der Waals surface area contributed by atoms with Gasteiger partial charge in [0, 0.05) is 16.3 Å². The van der Waals surface area contributed by atoms with Crippen LogP contribution in [-0.4, -0.2) is 29.0 Å². The first kappa shape index (κ1) is 18.9. The van der Waals surface area contributed by atoms with E-state index in [0.717, 1.165) is 10.7 Å². The number of benzene rings is 2. The minimum Gasteiger partial charge on any atom is -0.301 e. The first-order chi connectivity index (χ1) is 13.0. The Labute approximate surface area is 168 Å². The van der Waals surface area contributed by atoms with Crippen molar-refractivity contribution in [2.24, 2.45) is 11.0 Å². The number of thiocarbonyl (C=S) groups is 1. The lowest BCUT2D eigenvalue weighted by Gasteiger charge is -2.30. The van der Waals surface area contributed by atoms with Crippen molar-refractivity contribution in [2.75, 3.05) is 4.90 Å². The SMILES string of the molecule is O=C(N/N=C\[C@@H]1C(=O)NC(=S)N(c2ccccc2)C1=O)c1cccc(Br)c1. The van der Waals surface area contributed by atoms with Gasteiger partial charge < -0.3 is 5.32 Å². The van der Waals surface area contributed by atoms with Crippen LogP contribution in [0.25, 0.3) is 0 Å². The lowest BCUT2D eigenvalue weighted by Crippen LogP contribution is -2.58. The number of hydrogen-bond acceptors (Lipinski definition) is 5. The molecule has 9 heteroatoms. The molecular weight excluding hydrogens is 432 g/mol. The number of rotatable bonds is 4. The number of hydrazone groups is 1. The largest absolute Gasteiger partial charge is 0.301 e. The highest BCUT2D eigenvalue weighted by molar-refractivity contribution is 9.10. The van der Waals surface area contributed by atoms with Crippen LogP contribution in [0.5, 0.6) is 0 Å². The van der Waals surface area contributed by atoms with Crippen molar-refractivity contribution in [1.82, 2.24) is 10.7 Å². The van der Waals surface area contributed by atoms with Crippen molar-refractivity contribution in [3.63, 3.8) is 0 Å². The fourth-order valence-corrected chi connectivity index (χ4v) is 3.10. The molecule has 7 nitrogen and oxygen atoms in total. The number of anilines is 1. The lowest BCUT2D eigenvalue weighted by atomic mass is 10.1. The van der Waals surface area contributed by atoms with Gasteiger partial charge in [-0.05, 0) is 42.5 Å². The lowest BCUT2D eigenvalue weighted by molar-refractivity contribution is -0.130. The van der Waals surface area contributed by atoms with Crippen LogP contribution in [0.2, 0.25) is 0 Å².